The minimum absolute atomic E-state index is 0.0151. The highest BCUT2D eigenvalue weighted by Crippen LogP contribution is 2.28. The van der Waals surface area contributed by atoms with Gasteiger partial charge in [0.15, 0.2) is 0 Å². The Morgan fingerprint density at radius 1 is 1.19 bits per heavy atom. The van der Waals surface area contributed by atoms with Crippen molar-refractivity contribution < 1.29 is 13.9 Å². The monoisotopic (exact) mass is 390 g/mol. The van der Waals surface area contributed by atoms with Gasteiger partial charge < -0.3 is 14.5 Å². The summed E-state index contributed by atoms with van der Waals surface area (Å²) in [6.45, 7) is 4.24. The van der Waals surface area contributed by atoms with Gasteiger partial charge in [0, 0.05) is 32.6 Å². The zero-order valence-electron chi connectivity index (χ0n) is 15.1. The summed E-state index contributed by atoms with van der Waals surface area (Å²) in [5.74, 6) is 0.0151. The van der Waals surface area contributed by atoms with E-state index in [1.165, 1.54) is 12.1 Å². The number of amides is 1. The van der Waals surface area contributed by atoms with Crippen LogP contribution in [-0.2, 0) is 16.0 Å². The van der Waals surface area contributed by atoms with Crippen molar-refractivity contribution in [3.05, 3.63) is 40.7 Å². The van der Waals surface area contributed by atoms with Gasteiger partial charge in [-0.05, 0) is 30.5 Å². The Morgan fingerprint density at radius 2 is 1.96 bits per heavy atom. The third-order valence-electron chi connectivity index (χ3n) is 5.09. The van der Waals surface area contributed by atoms with Crippen molar-refractivity contribution in [1.29, 1.82) is 0 Å². The first-order valence-electron chi connectivity index (χ1n) is 9.37. The fourth-order valence-corrected chi connectivity index (χ4v) is 4.52. The minimum Gasteiger partial charge on any atom is -0.378 e. The third kappa shape index (κ3) is 4.44. The molecule has 6 nitrogen and oxygen atoms in total. The molecular formula is C19H23FN4O2S. The summed E-state index contributed by atoms with van der Waals surface area (Å²) in [4.78, 5) is 16.9. The summed E-state index contributed by atoms with van der Waals surface area (Å²) in [6.07, 6.45) is 2.55. The number of nitrogens with zero attached hydrogens (tertiary/aromatic N) is 4. The topological polar surface area (TPSA) is 58.6 Å². The number of halogens is 1. The van der Waals surface area contributed by atoms with E-state index in [9.17, 15) is 9.18 Å². The number of rotatable bonds is 4. The summed E-state index contributed by atoms with van der Waals surface area (Å²) < 4.78 is 18.4. The molecule has 0 N–H and O–H groups in total. The molecule has 0 saturated carbocycles. The fourth-order valence-electron chi connectivity index (χ4n) is 3.62. The molecular weight excluding hydrogens is 367 g/mol. The van der Waals surface area contributed by atoms with E-state index in [1.807, 2.05) is 4.90 Å². The Bertz CT molecular complexity index is 776. The van der Waals surface area contributed by atoms with Crippen LogP contribution in [0.5, 0.6) is 0 Å². The maximum Gasteiger partial charge on any atom is 0.227 e. The molecule has 2 saturated heterocycles. The maximum absolute atomic E-state index is 13.0. The van der Waals surface area contributed by atoms with Crippen LogP contribution in [-0.4, -0.2) is 60.4 Å². The number of piperidine rings is 1. The second-order valence-electron chi connectivity index (χ2n) is 7.00. The summed E-state index contributed by atoms with van der Waals surface area (Å²) >= 11 is 1.55. The average Bonchev–Trinajstić information content (AvgIpc) is 3.18. The van der Waals surface area contributed by atoms with Gasteiger partial charge >= 0.3 is 0 Å². The number of benzene rings is 1. The average molecular weight is 390 g/mol. The van der Waals surface area contributed by atoms with Crippen molar-refractivity contribution in [2.45, 2.75) is 19.3 Å². The van der Waals surface area contributed by atoms with E-state index in [1.54, 1.807) is 23.5 Å². The van der Waals surface area contributed by atoms with E-state index in [4.69, 9.17) is 4.74 Å². The standard InChI is InChI=1S/C19H23FN4O2S/c20-16-5-3-14(4-6-16)12-17-21-22-19(27-17)24-7-1-2-15(13-24)18(25)23-8-10-26-11-9-23/h3-6,15H,1-2,7-13H2. The van der Waals surface area contributed by atoms with Crippen LogP contribution in [0.25, 0.3) is 0 Å². The number of aromatic nitrogens is 2. The molecule has 0 bridgehead atoms. The van der Waals surface area contributed by atoms with Crippen LogP contribution < -0.4 is 4.90 Å². The van der Waals surface area contributed by atoms with Crippen LogP contribution in [0.1, 0.15) is 23.4 Å². The first-order valence-corrected chi connectivity index (χ1v) is 10.2. The predicted molar refractivity (Wildman–Crippen MR) is 101 cm³/mol. The first-order chi connectivity index (χ1) is 13.2. The maximum atomic E-state index is 13.0. The molecule has 8 heteroatoms. The van der Waals surface area contributed by atoms with Gasteiger partial charge in [0.1, 0.15) is 10.8 Å². The molecule has 2 aromatic rings. The van der Waals surface area contributed by atoms with Crippen molar-refractivity contribution in [3.8, 4) is 0 Å². The Balaban J connectivity index is 1.38. The van der Waals surface area contributed by atoms with Crippen molar-refractivity contribution in [2.24, 2.45) is 5.92 Å². The SMILES string of the molecule is O=C(C1CCCN(c2nnc(Cc3ccc(F)cc3)s2)C1)N1CCOCC1. The lowest BCUT2D eigenvalue weighted by molar-refractivity contribution is -0.139. The summed E-state index contributed by atoms with van der Waals surface area (Å²) in [5, 5.41) is 10.4. The number of carbonyl (C=O) groups excluding carboxylic acids is 1. The highest BCUT2D eigenvalue weighted by Gasteiger charge is 2.31. The van der Waals surface area contributed by atoms with Crippen LogP contribution in [0.3, 0.4) is 0 Å². The van der Waals surface area contributed by atoms with Crippen LogP contribution in [0, 0.1) is 11.7 Å². The Labute approximate surface area is 161 Å². The van der Waals surface area contributed by atoms with E-state index in [0.717, 1.165) is 35.1 Å². The summed E-state index contributed by atoms with van der Waals surface area (Å²) in [6, 6.07) is 6.47. The minimum atomic E-state index is -0.235. The lowest BCUT2D eigenvalue weighted by atomic mass is 9.96. The summed E-state index contributed by atoms with van der Waals surface area (Å²) in [5.41, 5.74) is 1.01. The van der Waals surface area contributed by atoms with Gasteiger partial charge in [-0.25, -0.2) is 4.39 Å². The fraction of sp³-hybridized carbons (Fsp3) is 0.526. The second-order valence-corrected chi connectivity index (χ2v) is 8.04. The van der Waals surface area contributed by atoms with Crippen molar-refractivity contribution in [3.63, 3.8) is 0 Å². The predicted octanol–water partition coefficient (Wildman–Crippen LogP) is 2.34. The number of hydrogen-bond acceptors (Lipinski definition) is 6. The van der Waals surface area contributed by atoms with Gasteiger partial charge in [0.05, 0.1) is 19.1 Å². The molecule has 0 spiro atoms. The first kappa shape index (κ1) is 18.3. The molecule has 27 heavy (non-hydrogen) atoms. The molecule has 144 valence electrons. The van der Waals surface area contributed by atoms with E-state index in [-0.39, 0.29) is 17.6 Å². The zero-order valence-corrected chi connectivity index (χ0v) is 16.0. The summed E-state index contributed by atoms with van der Waals surface area (Å²) in [7, 11) is 0. The van der Waals surface area contributed by atoms with Crippen LogP contribution in [0.15, 0.2) is 24.3 Å². The number of anilines is 1. The third-order valence-corrected chi connectivity index (χ3v) is 6.07. The lowest BCUT2D eigenvalue weighted by Gasteiger charge is -2.35. The number of carbonyl (C=O) groups is 1. The van der Waals surface area contributed by atoms with Gasteiger partial charge in [0.2, 0.25) is 11.0 Å². The molecule has 2 aliphatic rings. The van der Waals surface area contributed by atoms with Crippen LogP contribution >= 0.6 is 11.3 Å². The smallest absolute Gasteiger partial charge is 0.227 e. The molecule has 4 rings (SSSR count). The largest absolute Gasteiger partial charge is 0.378 e. The zero-order chi connectivity index (χ0) is 18.6. The second kappa shape index (κ2) is 8.31. The van der Waals surface area contributed by atoms with E-state index >= 15 is 0 Å². The van der Waals surface area contributed by atoms with Crippen LogP contribution in [0.2, 0.25) is 0 Å². The van der Waals surface area contributed by atoms with Crippen molar-refractivity contribution in [1.82, 2.24) is 15.1 Å². The highest BCUT2D eigenvalue weighted by atomic mass is 32.1. The Kier molecular flexibility index (Phi) is 5.63. The van der Waals surface area contributed by atoms with Gasteiger partial charge in [0.25, 0.3) is 0 Å². The normalized spacial score (nSPS) is 20.7. The molecule has 1 aromatic carbocycles. The van der Waals surface area contributed by atoms with E-state index in [2.05, 4.69) is 15.1 Å². The van der Waals surface area contributed by atoms with Crippen molar-refractivity contribution in [2.75, 3.05) is 44.3 Å². The van der Waals surface area contributed by atoms with Crippen molar-refractivity contribution >= 4 is 22.4 Å². The molecule has 3 heterocycles. The number of hydrogen-bond donors (Lipinski definition) is 0. The van der Waals surface area contributed by atoms with E-state index < -0.39 is 0 Å². The lowest BCUT2D eigenvalue weighted by Crippen LogP contribution is -2.48. The quantitative estimate of drug-likeness (QED) is 0.802. The molecule has 2 aliphatic heterocycles. The van der Waals surface area contributed by atoms with Gasteiger partial charge in [-0.15, -0.1) is 10.2 Å². The Hall–Kier alpha value is -2.06. The molecule has 1 amide bonds. The molecule has 1 aromatic heterocycles. The van der Waals surface area contributed by atoms with Gasteiger partial charge in [-0.2, -0.15) is 0 Å². The molecule has 2 fully saturated rings. The van der Waals surface area contributed by atoms with Crippen LogP contribution in [0.4, 0.5) is 9.52 Å². The molecule has 1 atom stereocenters. The molecule has 0 aliphatic carbocycles. The molecule has 1 unspecified atom stereocenters. The van der Waals surface area contributed by atoms with Gasteiger partial charge in [-0.1, -0.05) is 23.5 Å². The Morgan fingerprint density at radius 3 is 2.74 bits per heavy atom. The van der Waals surface area contributed by atoms with Gasteiger partial charge in [-0.3, -0.25) is 4.79 Å². The highest BCUT2D eigenvalue weighted by molar-refractivity contribution is 7.15. The number of ether oxygens (including phenoxy) is 1. The van der Waals surface area contributed by atoms with E-state index in [0.29, 0.717) is 39.3 Å². The number of morpholine rings is 1. The molecule has 0 radical (unpaired) electrons.